The second kappa shape index (κ2) is 8.53. The van der Waals surface area contributed by atoms with Gasteiger partial charge in [0.2, 0.25) is 5.91 Å². The van der Waals surface area contributed by atoms with Gasteiger partial charge in [0.15, 0.2) is 0 Å². The van der Waals surface area contributed by atoms with Gasteiger partial charge in [-0.15, -0.1) is 11.8 Å². The quantitative estimate of drug-likeness (QED) is 0.642. The van der Waals surface area contributed by atoms with Gasteiger partial charge >= 0.3 is 0 Å². The van der Waals surface area contributed by atoms with Crippen LogP contribution in [0.15, 0.2) is 53.6 Å². The molecule has 0 aliphatic heterocycles. The fourth-order valence-electron chi connectivity index (χ4n) is 1.98. The number of amides is 1. The average molecular weight is 326 g/mol. The van der Waals surface area contributed by atoms with Gasteiger partial charge in [-0.2, -0.15) is 5.10 Å². The Morgan fingerprint density at radius 2 is 1.57 bits per heavy atom. The number of thioether (sulfide) groups is 1. The summed E-state index contributed by atoms with van der Waals surface area (Å²) in [6.07, 6.45) is 0. The maximum Gasteiger partial charge on any atom is 0.250 e. The molecule has 2 aromatic carbocycles. The first kappa shape index (κ1) is 17.3. The number of nitrogens with one attached hydrogen (secondary N) is 1. The van der Waals surface area contributed by atoms with Crippen molar-refractivity contribution in [3.63, 3.8) is 0 Å². The lowest BCUT2D eigenvalue weighted by Gasteiger charge is -2.04. The molecule has 2 rings (SSSR count). The third-order valence-electron chi connectivity index (χ3n) is 3.44. The lowest BCUT2D eigenvalue weighted by atomic mass is 10.1. The molecule has 4 heteroatoms. The molecule has 0 aliphatic rings. The number of nitrogens with zero attached hydrogens (tertiary/aromatic N) is 1. The highest BCUT2D eigenvalue weighted by Gasteiger charge is 2.02. The van der Waals surface area contributed by atoms with Gasteiger partial charge in [0.25, 0.3) is 0 Å². The lowest BCUT2D eigenvalue weighted by Crippen LogP contribution is -2.21. The van der Waals surface area contributed by atoms with E-state index in [0.717, 1.165) is 17.0 Å². The minimum atomic E-state index is -0.0754. The van der Waals surface area contributed by atoms with Crippen LogP contribution in [0, 0.1) is 13.8 Å². The number of hydrogen-bond donors (Lipinski definition) is 1. The lowest BCUT2D eigenvalue weighted by molar-refractivity contribution is -0.118. The maximum atomic E-state index is 11.8. The van der Waals surface area contributed by atoms with Crippen LogP contribution in [0.1, 0.15) is 29.2 Å². The Labute approximate surface area is 142 Å². The number of hydrogen-bond acceptors (Lipinski definition) is 3. The van der Waals surface area contributed by atoms with Gasteiger partial charge in [-0.05, 0) is 31.9 Å². The number of carbonyl (C=O) groups is 1. The predicted molar refractivity (Wildman–Crippen MR) is 98.9 cm³/mol. The molecule has 0 heterocycles. The highest BCUT2D eigenvalue weighted by molar-refractivity contribution is 7.99. The zero-order valence-electron chi connectivity index (χ0n) is 13.8. The van der Waals surface area contributed by atoms with Crippen molar-refractivity contribution in [1.82, 2.24) is 5.43 Å². The maximum absolute atomic E-state index is 11.8. The van der Waals surface area contributed by atoms with E-state index >= 15 is 0 Å². The van der Waals surface area contributed by atoms with Crippen molar-refractivity contribution in [2.45, 2.75) is 26.5 Å². The predicted octanol–water partition coefficient (Wildman–Crippen LogP) is 4.08. The van der Waals surface area contributed by atoms with Crippen molar-refractivity contribution in [1.29, 1.82) is 0 Å². The van der Waals surface area contributed by atoms with Crippen LogP contribution in [0.5, 0.6) is 0 Å². The molecule has 0 aliphatic carbocycles. The summed E-state index contributed by atoms with van der Waals surface area (Å²) in [4.78, 5) is 11.8. The molecular weight excluding hydrogens is 304 g/mol. The van der Waals surface area contributed by atoms with Gasteiger partial charge in [0, 0.05) is 5.75 Å². The number of benzene rings is 2. The van der Waals surface area contributed by atoms with Crippen LogP contribution in [-0.2, 0) is 10.5 Å². The van der Waals surface area contributed by atoms with Crippen molar-refractivity contribution in [3.8, 4) is 0 Å². The van der Waals surface area contributed by atoms with E-state index in [4.69, 9.17) is 0 Å². The summed E-state index contributed by atoms with van der Waals surface area (Å²) in [7, 11) is 0. The number of carbonyl (C=O) groups excluding carboxylic acids is 1. The van der Waals surface area contributed by atoms with Gasteiger partial charge in [-0.25, -0.2) is 5.43 Å². The zero-order valence-corrected chi connectivity index (χ0v) is 14.6. The zero-order chi connectivity index (χ0) is 16.7. The van der Waals surface area contributed by atoms with Crippen molar-refractivity contribution in [2.24, 2.45) is 5.10 Å². The molecule has 0 fully saturated rings. The summed E-state index contributed by atoms with van der Waals surface area (Å²) >= 11 is 1.59. The topological polar surface area (TPSA) is 41.5 Å². The summed E-state index contributed by atoms with van der Waals surface area (Å²) in [6, 6.07) is 16.5. The Kier molecular flexibility index (Phi) is 6.41. The number of rotatable bonds is 6. The average Bonchev–Trinajstić information content (AvgIpc) is 2.55. The molecule has 1 amide bonds. The second-order valence-corrected chi connectivity index (χ2v) is 6.56. The van der Waals surface area contributed by atoms with Crippen LogP contribution in [0.4, 0.5) is 0 Å². The highest BCUT2D eigenvalue weighted by Crippen LogP contribution is 2.12. The van der Waals surface area contributed by atoms with E-state index in [2.05, 4.69) is 41.7 Å². The Bertz CT molecular complexity index is 676. The van der Waals surface area contributed by atoms with E-state index < -0.39 is 0 Å². The monoisotopic (exact) mass is 326 g/mol. The van der Waals surface area contributed by atoms with Gasteiger partial charge < -0.3 is 0 Å². The Morgan fingerprint density at radius 3 is 2.17 bits per heavy atom. The third kappa shape index (κ3) is 5.91. The normalized spacial score (nSPS) is 11.3. The fraction of sp³-hybridized carbons (Fsp3) is 0.263. The highest BCUT2D eigenvalue weighted by atomic mass is 32.2. The van der Waals surface area contributed by atoms with Gasteiger partial charge in [-0.1, -0.05) is 59.7 Å². The first-order chi connectivity index (χ1) is 11.0. The molecule has 0 saturated carbocycles. The van der Waals surface area contributed by atoms with Crippen LogP contribution in [-0.4, -0.2) is 17.4 Å². The molecule has 2 aromatic rings. The molecule has 0 saturated heterocycles. The Morgan fingerprint density at radius 1 is 1.00 bits per heavy atom. The van der Waals surface area contributed by atoms with E-state index in [9.17, 15) is 4.79 Å². The van der Waals surface area contributed by atoms with Crippen LogP contribution in [0.25, 0.3) is 0 Å². The van der Waals surface area contributed by atoms with Crippen LogP contribution < -0.4 is 5.43 Å². The molecule has 120 valence electrons. The molecule has 0 bridgehead atoms. The second-order valence-electron chi connectivity index (χ2n) is 5.58. The number of aryl methyl sites for hydroxylation is 2. The summed E-state index contributed by atoms with van der Waals surface area (Å²) < 4.78 is 0. The van der Waals surface area contributed by atoms with Crippen molar-refractivity contribution >= 4 is 23.4 Å². The molecule has 1 N–H and O–H groups in total. The largest absolute Gasteiger partial charge is 0.272 e. The number of hydrazone groups is 1. The Balaban J connectivity index is 1.77. The molecule has 23 heavy (non-hydrogen) atoms. The van der Waals surface area contributed by atoms with E-state index in [1.807, 2.05) is 38.1 Å². The molecule has 0 atom stereocenters. The van der Waals surface area contributed by atoms with E-state index in [0.29, 0.717) is 5.75 Å². The minimum Gasteiger partial charge on any atom is -0.272 e. The van der Waals surface area contributed by atoms with Crippen molar-refractivity contribution in [2.75, 3.05) is 5.75 Å². The van der Waals surface area contributed by atoms with Gasteiger partial charge in [0.1, 0.15) is 0 Å². The first-order valence-corrected chi connectivity index (χ1v) is 8.73. The van der Waals surface area contributed by atoms with E-state index in [-0.39, 0.29) is 5.91 Å². The van der Waals surface area contributed by atoms with Crippen molar-refractivity contribution in [3.05, 3.63) is 70.8 Å². The van der Waals surface area contributed by atoms with Gasteiger partial charge in [-0.3, -0.25) is 4.79 Å². The standard InChI is InChI=1S/C19H22N2OS/c1-14-4-8-17(9-5-14)12-23-13-19(22)21-20-16(3)18-10-6-15(2)7-11-18/h4-11H,12-13H2,1-3H3,(H,21,22)/b20-16-. The van der Waals surface area contributed by atoms with Crippen LogP contribution >= 0.6 is 11.8 Å². The first-order valence-electron chi connectivity index (χ1n) is 7.58. The van der Waals surface area contributed by atoms with Gasteiger partial charge in [0.05, 0.1) is 11.5 Å². The molecule has 0 spiro atoms. The van der Waals surface area contributed by atoms with Crippen LogP contribution in [0.2, 0.25) is 0 Å². The summed E-state index contributed by atoms with van der Waals surface area (Å²) in [6.45, 7) is 6.01. The smallest absolute Gasteiger partial charge is 0.250 e. The SMILES string of the molecule is C/C(=N/NC(=O)CSCc1ccc(C)cc1)c1ccc(C)cc1. The molecule has 0 aromatic heterocycles. The minimum absolute atomic E-state index is 0.0754. The fourth-order valence-corrected chi connectivity index (χ4v) is 2.76. The van der Waals surface area contributed by atoms with Crippen LogP contribution in [0.3, 0.4) is 0 Å². The van der Waals surface area contributed by atoms with E-state index in [1.165, 1.54) is 16.7 Å². The summed E-state index contributed by atoms with van der Waals surface area (Å²) in [5.41, 5.74) is 8.13. The Hall–Kier alpha value is -2.07. The molecule has 3 nitrogen and oxygen atoms in total. The molecule has 0 unspecified atom stereocenters. The summed E-state index contributed by atoms with van der Waals surface area (Å²) in [5, 5.41) is 4.17. The van der Waals surface area contributed by atoms with E-state index in [1.54, 1.807) is 11.8 Å². The van der Waals surface area contributed by atoms with Crippen molar-refractivity contribution < 1.29 is 4.79 Å². The summed E-state index contributed by atoms with van der Waals surface area (Å²) in [5.74, 6) is 1.15. The third-order valence-corrected chi connectivity index (χ3v) is 4.44. The molecular formula is C19H22N2OS. The molecule has 0 radical (unpaired) electrons.